The summed E-state index contributed by atoms with van der Waals surface area (Å²) in [6.45, 7) is 7.27. The smallest absolute Gasteiger partial charge is 0.148 e. The van der Waals surface area contributed by atoms with Gasteiger partial charge in [0.05, 0.1) is 5.69 Å². The second-order valence-corrected chi connectivity index (χ2v) is 5.91. The second-order valence-electron chi connectivity index (χ2n) is 5.91. The number of hydrogen-bond acceptors (Lipinski definition) is 2. The number of hydrogen-bond donors (Lipinski definition) is 2. The Bertz CT molecular complexity index is 654. The van der Waals surface area contributed by atoms with Gasteiger partial charge in [0.1, 0.15) is 11.6 Å². The van der Waals surface area contributed by atoms with Crippen molar-refractivity contribution in [3.8, 4) is 0 Å². The summed E-state index contributed by atoms with van der Waals surface area (Å²) in [4.78, 5) is 0. The van der Waals surface area contributed by atoms with Crippen LogP contribution in [-0.4, -0.2) is 13.1 Å². The molecular formula is C19H24F2N2. The maximum Gasteiger partial charge on any atom is 0.148 e. The van der Waals surface area contributed by atoms with Gasteiger partial charge in [-0.25, -0.2) is 8.78 Å². The summed E-state index contributed by atoms with van der Waals surface area (Å²) in [5.74, 6) is -0.193. The molecule has 2 rings (SSSR count). The molecule has 0 aliphatic rings. The maximum atomic E-state index is 14.0. The lowest BCUT2D eigenvalue weighted by Crippen LogP contribution is -2.08. The zero-order valence-electron chi connectivity index (χ0n) is 13.9. The van der Waals surface area contributed by atoms with Gasteiger partial charge in [-0.2, -0.15) is 0 Å². The SMILES string of the molecule is CCNc1ccc(NCCc2ccc(C(C)C)cc2F)c(F)c1. The van der Waals surface area contributed by atoms with Gasteiger partial charge in [0, 0.05) is 18.8 Å². The third-order valence-corrected chi connectivity index (χ3v) is 3.80. The summed E-state index contributed by atoms with van der Waals surface area (Å²) < 4.78 is 28.0. The van der Waals surface area contributed by atoms with E-state index < -0.39 is 0 Å². The van der Waals surface area contributed by atoms with Gasteiger partial charge >= 0.3 is 0 Å². The van der Waals surface area contributed by atoms with Crippen LogP contribution in [0.2, 0.25) is 0 Å². The Balaban J connectivity index is 1.95. The summed E-state index contributed by atoms with van der Waals surface area (Å²) in [5, 5.41) is 6.09. The average molecular weight is 318 g/mol. The van der Waals surface area contributed by atoms with Crippen LogP contribution in [0, 0.1) is 11.6 Å². The van der Waals surface area contributed by atoms with Crippen molar-refractivity contribution in [1.82, 2.24) is 0 Å². The van der Waals surface area contributed by atoms with Gasteiger partial charge in [-0.05, 0) is 54.7 Å². The van der Waals surface area contributed by atoms with Crippen LogP contribution in [0.5, 0.6) is 0 Å². The minimum atomic E-state index is -0.306. The van der Waals surface area contributed by atoms with Crippen molar-refractivity contribution < 1.29 is 8.78 Å². The van der Waals surface area contributed by atoms with Crippen molar-refractivity contribution in [2.75, 3.05) is 23.7 Å². The molecule has 0 aromatic heterocycles. The number of rotatable bonds is 7. The summed E-state index contributed by atoms with van der Waals surface area (Å²) in [7, 11) is 0. The Morgan fingerprint density at radius 3 is 2.35 bits per heavy atom. The number of nitrogens with one attached hydrogen (secondary N) is 2. The molecule has 0 unspecified atom stereocenters. The Hall–Kier alpha value is -2.10. The van der Waals surface area contributed by atoms with Crippen molar-refractivity contribution in [2.24, 2.45) is 0 Å². The predicted octanol–water partition coefficient (Wildman–Crippen LogP) is 5.17. The molecule has 2 aromatic rings. The van der Waals surface area contributed by atoms with Gasteiger partial charge in [0.15, 0.2) is 0 Å². The standard InChI is InChI=1S/C19H24F2N2/c1-4-22-16-7-8-19(18(21)12-16)23-10-9-14-5-6-15(13(2)3)11-17(14)20/h5-8,11-13,22-23H,4,9-10H2,1-3H3. The summed E-state index contributed by atoms with van der Waals surface area (Å²) in [5.41, 5.74) is 2.83. The first-order valence-electron chi connectivity index (χ1n) is 8.07. The van der Waals surface area contributed by atoms with Gasteiger partial charge in [-0.3, -0.25) is 0 Å². The van der Waals surface area contributed by atoms with Crippen molar-refractivity contribution in [3.63, 3.8) is 0 Å². The fourth-order valence-corrected chi connectivity index (χ4v) is 2.43. The third kappa shape index (κ3) is 4.68. The van der Waals surface area contributed by atoms with Gasteiger partial charge in [0.2, 0.25) is 0 Å². The van der Waals surface area contributed by atoms with E-state index in [-0.39, 0.29) is 11.6 Å². The maximum absolute atomic E-state index is 14.0. The largest absolute Gasteiger partial charge is 0.385 e. The summed E-state index contributed by atoms with van der Waals surface area (Å²) in [6.07, 6.45) is 0.513. The predicted molar refractivity (Wildman–Crippen MR) is 93.2 cm³/mol. The molecule has 0 amide bonds. The minimum Gasteiger partial charge on any atom is -0.385 e. The summed E-state index contributed by atoms with van der Waals surface area (Å²) >= 11 is 0. The Kier molecular flexibility index (Phi) is 5.97. The first-order chi connectivity index (χ1) is 11.0. The molecule has 2 N–H and O–H groups in total. The highest BCUT2D eigenvalue weighted by Gasteiger charge is 2.07. The highest BCUT2D eigenvalue weighted by atomic mass is 19.1. The molecule has 2 nitrogen and oxygen atoms in total. The van der Waals surface area contributed by atoms with E-state index in [0.717, 1.165) is 17.8 Å². The molecule has 0 heterocycles. The van der Waals surface area contributed by atoms with Crippen LogP contribution < -0.4 is 10.6 Å². The van der Waals surface area contributed by atoms with Gasteiger partial charge in [0.25, 0.3) is 0 Å². The van der Waals surface area contributed by atoms with Crippen molar-refractivity contribution in [1.29, 1.82) is 0 Å². The molecular weight excluding hydrogens is 294 g/mol. The van der Waals surface area contributed by atoms with Crippen LogP contribution in [0.15, 0.2) is 36.4 Å². The zero-order chi connectivity index (χ0) is 16.8. The van der Waals surface area contributed by atoms with E-state index in [0.29, 0.717) is 30.1 Å². The molecule has 0 radical (unpaired) electrons. The molecule has 0 spiro atoms. The molecule has 0 aliphatic heterocycles. The first-order valence-corrected chi connectivity index (χ1v) is 8.07. The monoisotopic (exact) mass is 318 g/mol. The Morgan fingerprint density at radius 1 is 0.957 bits per heavy atom. The van der Waals surface area contributed by atoms with Crippen LogP contribution in [-0.2, 0) is 6.42 Å². The minimum absolute atomic E-state index is 0.194. The van der Waals surface area contributed by atoms with Crippen molar-refractivity contribution in [2.45, 2.75) is 33.1 Å². The van der Waals surface area contributed by atoms with E-state index in [2.05, 4.69) is 10.6 Å². The van der Waals surface area contributed by atoms with Crippen molar-refractivity contribution >= 4 is 11.4 Å². The Labute approximate surface area is 136 Å². The van der Waals surface area contributed by atoms with Gasteiger partial charge < -0.3 is 10.6 Å². The lowest BCUT2D eigenvalue weighted by atomic mass is 10.0. The van der Waals surface area contributed by atoms with E-state index in [4.69, 9.17) is 0 Å². The first kappa shape index (κ1) is 17.3. The molecule has 0 saturated carbocycles. The molecule has 23 heavy (non-hydrogen) atoms. The lowest BCUT2D eigenvalue weighted by Gasteiger charge is -2.11. The Morgan fingerprint density at radius 2 is 1.74 bits per heavy atom. The molecule has 124 valence electrons. The van der Waals surface area contributed by atoms with Crippen LogP contribution in [0.25, 0.3) is 0 Å². The molecule has 2 aromatic carbocycles. The van der Waals surface area contributed by atoms with E-state index in [1.807, 2.05) is 39.0 Å². The molecule has 0 aliphatic carbocycles. The van der Waals surface area contributed by atoms with Crippen LogP contribution in [0.3, 0.4) is 0 Å². The van der Waals surface area contributed by atoms with E-state index >= 15 is 0 Å². The summed E-state index contributed by atoms with van der Waals surface area (Å²) in [6, 6.07) is 10.3. The molecule has 4 heteroatoms. The number of benzene rings is 2. The van der Waals surface area contributed by atoms with Crippen molar-refractivity contribution in [3.05, 3.63) is 59.2 Å². The number of anilines is 2. The van der Waals surface area contributed by atoms with Crippen LogP contribution in [0.1, 0.15) is 37.8 Å². The topological polar surface area (TPSA) is 24.1 Å². The van der Waals surface area contributed by atoms with E-state index in [1.165, 1.54) is 6.07 Å². The number of halogens is 2. The fraction of sp³-hybridized carbons (Fsp3) is 0.368. The average Bonchev–Trinajstić information content (AvgIpc) is 2.51. The normalized spacial score (nSPS) is 10.9. The molecule has 0 saturated heterocycles. The fourth-order valence-electron chi connectivity index (χ4n) is 2.43. The quantitative estimate of drug-likeness (QED) is 0.735. The zero-order valence-corrected chi connectivity index (χ0v) is 13.9. The molecule has 0 bridgehead atoms. The lowest BCUT2D eigenvalue weighted by molar-refractivity contribution is 0.605. The van der Waals surface area contributed by atoms with E-state index in [9.17, 15) is 8.78 Å². The van der Waals surface area contributed by atoms with E-state index in [1.54, 1.807) is 12.1 Å². The van der Waals surface area contributed by atoms with Gasteiger partial charge in [-0.1, -0.05) is 26.0 Å². The molecule has 0 atom stereocenters. The third-order valence-electron chi connectivity index (χ3n) is 3.80. The van der Waals surface area contributed by atoms with Crippen LogP contribution in [0.4, 0.5) is 20.2 Å². The van der Waals surface area contributed by atoms with Crippen LogP contribution >= 0.6 is 0 Å². The van der Waals surface area contributed by atoms with Gasteiger partial charge in [-0.15, -0.1) is 0 Å². The highest BCUT2D eigenvalue weighted by molar-refractivity contribution is 5.54. The second kappa shape index (κ2) is 7.95. The molecule has 0 fully saturated rings. The highest BCUT2D eigenvalue weighted by Crippen LogP contribution is 2.20.